The molecule has 0 spiro atoms. The Bertz CT molecular complexity index is 257. The number of rotatable bonds is 7. The Morgan fingerprint density at radius 1 is 1.28 bits per heavy atom. The average Bonchev–Trinajstić information content (AvgIpc) is 2.74. The molecule has 1 rings (SSSR count). The number of ether oxygens (including phenoxy) is 1. The molecule has 1 aliphatic carbocycles. The predicted octanol–water partition coefficient (Wildman–Crippen LogP) is 3.13. The summed E-state index contributed by atoms with van der Waals surface area (Å²) in [7, 11) is 0. The fraction of sp³-hybridized carbons (Fsp3) is 0.933. The molecule has 106 valence electrons. The minimum Gasteiger partial charge on any atom is -0.465 e. The maximum atomic E-state index is 11.6. The van der Waals surface area contributed by atoms with Crippen molar-refractivity contribution in [1.29, 1.82) is 0 Å². The zero-order chi connectivity index (χ0) is 13.6. The first-order valence-corrected chi connectivity index (χ1v) is 7.39. The standard InChI is InChI=1S/C15H29NO2/c1-5-18-14(17)13(4)16-11-15(10-12(2)3)8-6-7-9-15/h12-13,16H,5-11H2,1-4H3. The van der Waals surface area contributed by atoms with E-state index in [0.717, 1.165) is 12.5 Å². The smallest absolute Gasteiger partial charge is 0.322 e. The van der Waals surface area contributed by atoms with Crippen molar-refractivity contribution in [3.63, 3.8) is 0 Å². The monoisotopic (exact) mass is 255 g/mol. The first-order chi connectivity index (χ1) is 8.49. The number of carbonyl (C=O) groups is 1. The van der Waals surface area contributed by atoms with Crippen LogP contribution in [0.4, 0.5) is 0 Å². The average molecular weight is 255 g/mol. The van der Waals surface area contributed by atoms with Gasteiger partial charge in [0.15, 0.2) is 0 Å². The van der Waals surface area contributed by atoms with Crippen molar-refractivity contribution in [2.24, 2.45) is 11.3 Å². The highest BCUT2D eigenvalue weighted by atomic mass is 16.5. The van der Waals surface area contributed by atoms with E-state index in [0.29, 0.717) is 12.0 Å². The number of hydrogen-bond acceptors (Lipinski definition) is 3. The summed E-state index contributed by atoms with van der Waals surface area (Å²) >= 11 is 0. The summed E-state index contributed by atoms with van der Waals surface area (Å²) in [6.45, 7) is 9.73. The fourth-order valence-electron chi connectivity index (χ4n) is 3.16. The lowest BCUT2D eigenvalue weighted by molar-refractivity contribution is -0.145. The Hall–Kier alpha value is -0.570. The van der Waals surface area contributed by atoms with Crippen molar-refractivity contribution in [2.45, 2.75) is 65.8 Å². The van der Waals surface area contributed by atoms with Gasteiger partial charge in [-0.05, 0) is 44.4 Å². The van der Waals surface area contributed by atoms with Crippen LogP contribution in [0.1, 0.15) is 59.8 Å². The van der Waals surface area contributed by atoms with E-state index in [1.54, 1.807) is 0 Å². The van der Waals surface area contributed by atoms with E-state index in [1.807, 2.05) is 13.8 Å². The van der Waals surface area contributed by atoms with Crippen LogP contribution in [0.25, 0.3) is 0 Å². The maximum absolute atomic E-state index is 11.6. The molecule has 1 fully saturated rings. The third-order valence-corrected chi connectivity index (χ3v) is 3.93. The normalized spacial score (nSPS) is 20.1. The predicted molar refractivity (Wildman–Crippen MR) is 74.5 cm³/mol. The highest BCUT2D eigenvalue weighted by molar-refractivity contribution is 5.75. The SMILES string of the molecule is CCOC(=O)C(C)NCC1(CC(C)C)CCCC1. The van der Waals surface area contributed by atoms with Crippen molar-refractivity contribution < 1.29 is 9.53 Å². The molecule has 18 heavy (non-hydrogen) atoms. The summed E-state index contributed by atoms with van der Waals surface area (Å²) in [5, 5.41) is 3.38. The van der Waals surface area contributed by atoms with Crippen LogP contribution in [-0.2, 0) is 9.53 Å². The van der Waals surface area contributed by atoms with Crippen LogP contribution in [0.3, 0.4) is 0 Å². The highest BCUT2D eigenvalue weighted by Gasteiger charge is 2.34. The van der Waals surface area contributed by atoms with E-state index in [-0.39, 0.29) is 12.0 Å². The van der Waals surface area contributed by atoms with E-state index in [4.69, 9.17) is 4.74 Å². The first kappa shape index (κ1) is 15.5. The molecule has 0 aliphatic heterocycles. The van der Waals surface area contributed by atoms with Crippen molar-refractivity contribution in [3.05, 3.63) is 0 Å². The largest absolute Gasteiger partial charge is 0.465 e. The van der Waals surface area contributed by atoms with Gasteiger partial charge in [0.05, 0.1) is 6.61 Å². The molecule has 0 amide bonds. The molecule has 1 atom stereocenters. The van der Waals surface area contributed by atoms with E-state index < -0.39 is 0 Å². The minimum atomic E-state index is -0.186. The summed E-state index contributed by atoms with van der Waals surface area (Å²) < 4.78 is 5.03. The Labute approximate surface area is 112 Å². The van der Waals surface area contributed by atoms with Crippen molar-refractivity contribution in [3.8, 4) is 0 Å². The summed E-state index contributed by atoms with van der Waals surface area (Å²) in [5.74, 6) is 0.595. The lowest BCUT2D eigenvalue weighted by Gasteiger charge is -2.32. The van der Waals surface area contributed by atoms with Gasteiger partial charge in [-0.25, -0.2) is 0 Å². The number of hydrogen-bond donors (Lipinski definition) is 1. The molecule has 1 N–H and O–H groups in total. The highest BCUT2D eigenvalue weighted by Crippen LogP contribution is 2.42. The third kappa shape index (κ3) is 4.60. The zero-order valence-corrected chi connectivity index (χ0v) is 12.4. The molecule has 0 aromatic carbocycles. The molecule has 1 aliphatic rings. The molecular formula is C15H29NO2. The van der Waals surface area contributed by atoms with Crippen LogP contribution in [0, 0.1) is 11.3 Å². The molecular weight excluding hydrogens is 226 g/mol. The molecule has 3 nitrogen and oxygen atoms in total. The summed E-state index contributed by atoms with van der Waals surface area (Å²) in [5.41, 5.74) is 0.412. The Morgan fingerprint density at radius 2 is 1.89 bits per heavy atom. The number of carbonyl (C=O) groups excluding carboxylic acids is 1. The Kier molecular flexibility index (Phi) is 6.13. The van der Waals surface area contributed by atoms with Gasteiger partial charge in [0, 0.05) is 6.54 Å². The Morgan fingerprint density at radius 3 is 2.39 bits per heavy atom. The van der Waals surface area contributed by atoms with E-state index in [9.17, 15) is 4.79 Å². The van der Waals surface area contributed by atoms with Gasteiger partial charge in [-0.1, -0.05) is 26.7 Å². The molecule has 1 saturated carbocycles. The fourth-order valence-corrected chi connectivity index (χ4v) is 3.16. The van der Waals surface area contributed by atoms with Crippen LogP contribution in [0.5, 0.6) is 0 Å². The van der Waals surface area contributed by atoms with E-state index >= 15 is 0 Å². The van der Waals surface area contributed by atoms with E-state index in [2.05, 4.69) is 19.2 Å². The van der Waals surface area contributed by atoms with Crippen molar-refractivity contribution in [2.75, 3.05) is 13.2 Å². The van der Waals surface area contributed by atoms with Crippen LogP contribution < -0.4 is 5.32 Å². The molecule has 0 saturated heterocycles. The van der Waals surface area contributed by atoms with Gasteiger partial charge in [-0.2, -0.15) is 0 Å². The summed E-state index contributed by atoms with van der Waals surface area (Å²) in [4.78, 5) is 11.6. The van der Waals surface area contributed by atoms with E-state index in [1.165, 1.54) is 32.1 Å². The van der Waals surface area contributed by atoms with Gasteiger partial charge < -0.3 is 10.1 Å². The van der Waals surface area contributed by atoms with Gasteiger partial charge in [-0.15, -0.1) is 0 Å². The lowest BCUT2D eigenvalue weighted by Crippen LogP contribution is -2.42. The topological polar surface area (TPSA) is 38.3 Å². The molecule has 0 heterocycles. The Balaban J connectivity index is 2.45. The van der Waals surface area contributed by atoms with Gasteiger partial charge >= 0.3 is 5.97 Å². The van der Waals surface area contributed by atoms with Gasteiger partial charge in [0.2, 0.25) is 0 Å². The number of esters is 1. The van der Waals surface area contributed by atoms with Crippen molar-refractivity contribution in [1.82, 2.24) is 5.32 Å². The molecule has 0 aromatic heterocycles. The minimum absolute atomic E-state index is 0.129. The molecule has 0 aromatic rings. The number of nitrogens with one attached hydrogen (secondary N) is 1. The first-order valence-electron chi connectivity index (χ1n) is 7.39. The maximum Gasteiger partial charge on any atom is 0.322 e. The van der Waals surface area contributed by atoms with Gasteiger partial charge in [0.25, 0.3) is 0 Å². The third-order valence-electron chi connectivity index (χ3n) is 3.93. The molecule has 3 heteroatoms. The second-order valence-corrected chi connectivity index (χ2v) is 6.16. The van der Waals surface area contributed by atoms with Gasteiger partial charge in [-0.3, -0.25) is 4.79 Å². The van der Waals surface area contributed by atoms with Gasteiger partial charge in [0.1, 0.15) is 6.04 Å². The van der Waals surface area contributed by atoms with Crippen LogP contribution in [-0.4, -0.2) is 25.2 Å². The quantitative estimate of drug-likeness (QED) is 0.710. The van der Waals surface area contributed by atoms with Crippen molar-refractivity contribution >= 4 is 5.97 Å². The second kappa shape index (κ2) is 7.13. The molecule has 1 unspecified atom stereocenters. The molecule has 0 radical (unpaired) electrons. The molecule has 0 bridgehead atoms. The van der Waals surface area contributed by atoms with Crippen LogP contribution in [0.15, 0.2) is 0 Å². The lowest BCUT2D eigenvalue weighted by atomic mass is 9.78. The summed E-state index contributed by atoms with van der Waals surface area (Å²) in [6, 6.07) is -0.186. The zero-order valence-electron chi connectivity index (χ0n) is 12.4. The second-order valence-electron chi connectivity index (χ2n) is 6.16. The van der Waals surface area contributed by atoms with Crippen LogP contribution >= 0.6 is 0 Å². The summed E-state index contributed by atoms with van der Waals surface area (Å²) in [6.07, 6.45) is 6.53. The van der Waals surface area contributed by atoms with Crippen LogP contribution in [0.2, 0.25) is 0 Å².